The van der Waals surface area contributed by atoms with Crippen LogP contribution in [0.5, 0.6) is 11.5 Å². The topological polar surface area (TPSA) is 52.8 Å². The number of rotatable bonds is 6. The average Bonchev–Trinajstić information content (AvgIpc) is 3.34. The van der Waals surface area contributed by atoms with Crippen LogP contribution in [0.15, 0.2) is 118 Å². The van der Waals surface area contributed by atoms with Crippen molar-refractivity contribution in [3.8, 4) is 11.5 Å². The van der Waals surface area contributed by atoms with Crippen LogP contribution in [0, 0.1) is 0 Å². The molecule has 0 bridgehead atoms. The quantitative estimate of drug-likeness (QED) is 0.262. The molecule has 2 aliphatic rings. The summed E-state index contributed by atoms with van der Waals surface area (Å²) in [7, 11) is 1.67. The summed E-state index contributed by atoms with van der Waals surface area (Å²) < 4.78 is 14.2. The van der Waals surface area contributed by atoms with Gasteiger partial charge in [0.2, 0.25) is 0 Å². The van der Waals surface area contributed by atoms with Gasteiger partial charge in [-0.05, 0) is 59.4 Å². The van der Waals surface area contributed by atoms with Crippen molar-refractivity contribution in [1.29, 1.82) is 0 Å². The number of fused-ring (bicyclic) bond motifs is 3. The molecule has 0 amide bonds. The van der Waals surface area contributed by atoms with E-state index in [1.54, 1.807) is 7.11 Å². The van der Waals surface area contributed by atoms with Crippen LogP contribution < -0.4 is 24.4 Å². The molecule has 0 N–H and O–H groups in total. The molecule has 5 aromatic rings. The molecule has 41 heavy (non-hydrogen) atoms. The highest BCUT2D eigenvalue weighted by Crippen LogP contribution is 2.41. The Kier molecular flexibility index (Phi) is 6.61. The first-order valence-electron chi connectivity index (χ1n) is 13.7. The number of hydrogen-bond donors (Lipinski definition) is 0. The third-order valence-electron chi connectivity index (χ3n) is 7.73. The number of thiazole rings is 1. The van der Waals surface area contributed by atoms with Crippen molar-refractivity contribution in [3.05, 3.63) is 156 Å². The zero-order chi connectivity index (χ0) is 27.8. The first-order valence-corrected chi connectivity index (χ1v) is 14.5. The fraction of sp³-hybridized carbons (Fsp3) is 0.143. The van der Waals surface area contributed by atoms with Crippen molar-refractivity contribution >= 4 is 23.1 Å². The molecule has 0 saturated heterocycles. The number of ether oxygens (including phenoxy) is 2. The van der Waals surface area contributed by atoms with E-state index in [1.165, 1.54) is 22.5 Å². The van der Waals surface area contributed by atoms with Gasteiger partial charge in [0, 0.05) is 11.1 Å². The molecule has 1 atom stereocenters. The minimum atomic E-state index is -0.253. The van der Waals surface area contributed by atoms with Crippen molar-refractivity contribution in [2.75, 3.05) is 7.11 Å². The maximum absolute atomic E-state index is 14.2. The van der Waals surface area contributed by atoms with Gasteiger partial charge in [0.25, 0.3) is 5.56 Å². The number of aromatic nitrogens is 1. The number of aryl methyl sites for hydroxylation is 1. The number of para-hydroxylation sites is 1. The Bertz CT molecular complexity index is 1970. The second kappa shape index (κ2) is 10.7. The number of benzene rings is 4. The Hall–Kier alpha value is -4.68. The van der Waals surface area contributed by atoms with Gasteiger partial charge < -0.3 is 9.47 Å². The van der Waals surface area contributed by atoms with Gasteiger partial charge in [0.05, 0.1) is 23.4 Å². The minimum Gasteiger partial charge on any atom is -0.497 e. The first kappa shape index (κ1) is 25.3. The molecule has 7 rings (SSSR count). The molecule has 202 valence electrons. The lowest BCUT2D eigenvalue weighted by atomic mass is 9.83. The van der Waals surface area contributed by atoms with Crippen molar-refractivity contribution < 1.29 is 9.47 Å². The zero-order valence-electron chi connectivity index (χ0n) is 22.6. The van der Waals surface area contributed by atoms with Crippen molar-refractivity contribution in [1.82, 2.24) is 4.57 Å². The van der Waals surface area contributed by atoms with Gasteiger partial charge in [-0.25, -0.2) is 4.99 Å². The van der Waals surface area contributed by atoms with E-state index in [-0.39, 0.29) is 11.6 Å². The lowest BCUT2D eigenvalue weighted by Gasteiger charge is -2.31. The smallest absolute Gasteiger partial charge is 0.271 e. The largest absolute Gasteiger partial charge is 0.497 e. The molecule has 1 aliphatic carbocycles. The number of allylic oxidation sites excluding steroid dienone is 1. The Labute approximate surface area is 242 Å². The normalized spacial score (nSPS) is 15.9. The standard InChI is InChI=1S/C35H28N2O3S/c1-39-27-15-9-14-26(20-27)33-29-19-18-24-12-5-7-16-28(24)32(29)36-35-37(33)34(38)31(41-35)21-25-13-6-8-17-30(25)40-22-23-10-3-2-4-11-23/h2-17,20-21,33H,18-19,22H2,1H3/b31-21-/t33-/m1/s1. The van der Waals surface area contributed by atoms with Gasteiger partial charge in [-0.15, -0.1) is 0 Å². The summed E-state index contributed by atoms with van der Waals surface area (Å²) in [5.41, 5.74) is 7.52. The Balaban J connectivity index is 1.38. The molecule has 0 saturated carbocycles. The molecule has 2 heterocycles. The summed E-state index contributed by atoms with van der Waals surface area (Å²) in [5, 5.41) is 0. The summed E-state index contributed by atoms with van der Waals surface area (Å²) in [6.07, 6.45) is 3.70. The third-order valence-corrected chi connectivity index (χ3v) is 8.71. The van der Waals surface area contributed by atoms with Crippen LogP contribution in [0.2, 0.25) is 0 Å². The third kappa shape index (κ3) is 4.70. The summed E-state index contributed by atoms with van der Waals surface area (Å²) >= 11 is 1.43. The van der Waals surface area contributed by atoms with Gasteiger partial charge >= 0.3 is 0 Å². The summed E-state index contributed by atoms with van der Waals surface area (Å²) in [6.45, 7) is 0.453. The number of nitrogens with zero attached hydrogens (tertiary/aromatic N) is 2. The van der Waals surface area contributed by atoms with Crippen LogP contribution in [-0.2, 0) is 13.0 Å². The lowest BCUT2D eigenvalue weighted by molar-refractivity contribution is 0.305. The maximum atomic E-state index is 14.2. The molecule has 0 fully saturated rings. The van der Waals surface area contributed by atoms with E-state index >= 15 is 0 Å². The van der Waals surface area contributed by atoms with E-state index in [0.717, 1.165) is 52.3 Å². The number of hydrogen-bond acceptors (Lipinski definition) is 5. The van der Waals surface area contributed by atoms with E-state index in [2.05, 4.69) is 30.3 Å². The first-order chi connectivity index (χ1) is 20.2. The van der Waals surface area contributed by atoms with Crippen molar-refractivity contribution in [3.63, 3.8) is 0 Å². The summed E-state index contributed by atoms with van der Waals surface area (Å²) in [5.74, 6) is 1.50. The van der Waals surface area contributed by atoms with E-state index in [1.807, 2.05) is 83.4 Å². The molecule has 1 aromatic heterocycles. The molecule has 5 nitrogen and oxygen atoms in total. The SMILES string of the molecule is COc1cccc([C@@H]2C3=C(N=c4s/c(=C\c5ccccc5OCc5ccccc5)c(=O)n42)c2ccccc2CC3)c1. The van der Waals surface area contributed by atoms with Crippen LogP contribution in [0.25, 0.3) is 11.8 Å². The number of methoxy groups -OCH3 is 1. The lowest BCUT2D eigenvalue weighted by Crippen LogP contribution is -2.38. The average molecular weight is 557 g/mol. The van der Waals surface area contributed by atoms with Gasteiger partial charge in [-0.2, -0.15) is 0 Å². The fourth-order valence-corrected chi connectivity index (χ4v) is 6.73. The molecule has 0 unspecified atom stereocenters. The van der Waals surface area contributed by atoms with Crippen LogP contribution in [0.4, 0.5) is 0 Å². The van der Waals surface area contributed by atoms with Gasteiger partial charge in [0.15, 0.2) is 4.80 Å². The molecule has 6 heteroatoms. The Morgan fingerprint density at radius 2 is 1.73 bits per heavy atom. The van der Waals surface area contributed by atoms with Gasteiger partial charge in [-0.3, -0.25) is 9.36 Å². The van der Waals surface area contributed by atoms with E-state index < -0.39 is 0 Å². The van der Waals surface area contributed by atoms with Crippen LogP contribution >= 0.6 is 11.3 Å². The molecule has 0 radical (unpaired) electrons. The summed E-state index contributed by atoms with van der Waals surface area (Å²) in [6, 6.07) is 34.2. The second-order valence-corrected chi connectivity index (χ2v) is 11.2. The van der Waals surface area contributed by atoms with Crippen LogP contribution in [0.1, 0.15) is 40.3 Å². The summed E-state index contributed by atoms with van der Waals surface area (Å²) in [4.78, 5) is 20.0. The van der Waals surface area contributed by atoms with Gasteiger partial charge in [0.1, 0.15) is 18.1 Å². The van der Waals surface area contributed by atoms with Crippen molar-refractivity contribution in [2.45, 2.75) is 25.5 Å². The second-order valence-electron chi connectivity index (χ2n) is 10.2. The molecule has 4 aromatic carbocycles. The highest BCUT2D eigenvalue weighted by atomic mass is 32.1. The van der Waals surface area contributed by atoms with E-state index in [9.17, 15) is 4.79 Å². The highest BCUT2D eigenvalue weighted by molar-refractivity contribution is 7.07. The van der Waals surface area contributed by atoms with Crippen LogP contribution in [0.3, 0.4) is 0 Å². The Morgan fingerprint density at radius 3 is 2.61 bits per heavy atom. The van der Waals surface area contributed by atoms with Gasteiger partial charge in [-0.1, -0.05) is 96.3 Å². The van der Waals surface area contributed by atoms with Crippen LogP contribution in [-0.4, -0.2) is 11.7 Å². The van der Waals surface area contributed by atoms with E-state index in [4.69, 9.17) is 14.5 Å². The maximum Gasteiger partial charge on any atom is 0.271 e. The molecular weight excluding hydrogens is 528 g/mol. The Morgan fingerprint density at radius 1 is 0.927 bits per heavy atom. The predicted molar refractivity (Wildman–Crippen MR) is 163 cm³/mol. The zero-order valence-corrected chi connectivity index (χ0v) is 23.4. The molecule has 0 spiro atoms. The molecule has 1 aliphatic heterocycles. The fourth-order valence-electron chi connectivity index (χ4n) is 5.74. The van der Waals surface area contributed by atoms with E-state index in [0.29, 0.717) is 15.9 Å². The highest BCUT2D eigenvalue weighted by Gasteiger charge is 2.32. The predicted octanol–water partition coefficient (Wildman–Crippen LogP) is 5.91. The molecular formula is C35H28N2O3S. The monoisotopic (exact) mass is 556 g/mol. The minimum absolute atomic E-state index is 0.0511. The van der Waals surface area contributed by atoms with Crippen molar-refractivity contribution in [2.24, 2.45) is 4.99 Å².